The van der Waals surface area contributed by atoms with E-state index < -0.39 is 5.97 Å². The zero-order valence-corrected chi connectivity index (χ0v) is 23.6. The average molecular weight is 497 g/mol. The van der Waals surface area contributed by atoms with Crippen molar-refractivity contribution in [1.82, 2.24) is 0 Å². The molecule has 0 saturated carbocycles. The molecule has 0 radical (unpaired) electrons. The molecular formula is C31H60O4. The van der Waals surface area contributed by atoms with Crippen molar-refractivity contribution in [2.75, 3.05) is 0 Å². The number of carbonyl (C=O) groups excluding carboxylic acids is 1. The second-order valence-electron chi connectivity index (χ2n) is 10.7. The van der Waals surface area contributed by atoms with Crippen LogP contribution in [0.15, 0.2) is 0 Å². The number of unbranched alkanes of at least 4 members (excludes halogenated alkanes) is 19. The molecule has 1 atom stereocenters. The predicted octanol–water partition coefficient (Wildman–Crippen LogP) is 10.2. The minimum atomic E-state index is -0.725. The van der Waals surface area contributed by atoms with E-state index in [0.717, 1.165) is 44.9 Å². The van der Waals surface area contributed by atoms with Crippen LogP contribution in [0.3, 0.4) is 0 Å². The number of hydrogen-bond donors (Lipinski definition) is 1. The van der Waals surface area contributed by atoms with Gasteiger partial charge in [0, 0.05) is 12.8 Å². The van der Waals surface area contributed by atoms with Gasteiger partial charge in [-0.15, -0.1) is 0 Å². The van der Waals surface area contributed by atoms with E-state index in [1.807, 2.05) is 0 Å². The van der Waals surface area contributed by atoms with E-state index in [0.29, 0.717) is 12.8 Å². The third-order valence-electron chi connectivity index (χ3n) is 7.08. The first-order chi connectivity index (χ1) is 17.1. The molecular weight excluding hydrogens is 436 g/mol. The number of carboxylic acids is 1. The topological polar surface area (TPSA) is 63.6 Å². The normalized spacial score (nSPS) is 12.1. The van der Waals surface area contributed by atoms with E-state index in [4.69, 9.17) is 9.84 Å². The summed E-state index contributed by atoms with van der Waals surface area (Å²) >= 11 is 0. The van der Waals surface area contributed by atoms with Crippen LogP contribution in [0, 0.1) is 0 Å². The molecule has 0 aromatic rings. The molecule has 0 aliphatic rings. The van der Waals surface area contributed by atoms with Gasteiger partial charge in [0.05, 0.1) is 0 Å². The van der Waals surface area contributed by atoms with E-state index in [-0.39, 0.29) is 18.5 Å². The van der Waals surface area contributed by atoms with Gasteiger partial charge < -0.3 is 9.84 Å². The SMILES string of the molecule is CCCCCCCCCCCCCCCCC(=O)OC(CCCCCCC)CCCCCC(=O)O. The number of carbonyl (C=O) groups is 2. The Kier molecular flexibility index (Phi) is 26.7. The van der Waals surface area contributed by atoms with Crippen LogP contribution in [-0.4, -0.2) is 23.1 Å². The Morgan fingerprint density at radius 2 is 0.857 bits per heavy atom. The van der Waals surface area contributed by atoms with Crippen molar-refractivity contribution in [3.63, 3.8) is 0 Å². The lowest BCUT2D eigenvalue weighted by Crippen LogP contribution is -2.18. The van der Waals surface area contributed by atoms with Crippen LogP contribution in [0.25, 0.3) is 0 Å². The molecule has 0 aliphatic heterocycles. The molecule has 0 bridgehead atoms. The fourth-order valence-electron chi connectivity index (χ4n) is 4.77. The van der Waals surface area contributed by atoms with Gasteiger partial charge in [-0.25, -0.2) is 0 Å². The van der Waals surface area contributed by atoms with Gasteiger partial charge in [0.15, 0.2) is 0 Å². The van der Waals surface area contributed by atoms with Gasteiger partial charge in [0.1, 0.15) is 6.10 Å². The number of rotatable bonds is 28. The quantitative estimate of drug-likeness (QED) is 0.0864. The molecule has 0 aromatic heterocycles. The first-order valence-corrected chi connectivity index (χ1v) is 15.5. The number of hydrogen-bond acceptors (Lipinski definition) is 3. The summed E-state index contributed by atoms with van der Waals surface area (Å²) in [6.45, 7) is 4.49. The monoisotopic (exact) mass is 496 g/mol. The number of ether oxygens (including phenoxy) is 1. The number of aliphatic carboxylic acids is 1. The summed E-state index contributed by atoms with van der Waals surface area (Å²) in [4.78, 5) is 23.1. The summed E-state index contributed by atoms with van der Waals surface area (Å²) in [6, 6.07) is 0. The Hall–Kier alpha value is -1.06. The molecule has 0 heterocycles. The zero-order chi connectivity index (χ0) is 25.8. The lowest BCUT2D eigenvalue weighted by atomic mass is 10.0. The van der Waals surface area contributed by atoms with Gasteiger partial charge in [-0.1, -0.05) is 129 Å². The molecule has 35 heavy (non-hydrogen) atoms. The summed E-state index contributed by atoms with van der Waals surface area (Å²) in [5.74, 6) is -0.759. The summed E-state index contributed by atoms with van der Waals surface area (Å²) in [6.07, 6.45) is 29.7. The van der Waals surface area contributed by atoms with Crippen LogP contribution in [0.1, 0.15) is 181 Å². The summed E-state index contributed by atoms with van der Waals surface area (Å²) in [5.41, 5.74) is 0. The smallest absolute Gasteiger partial charge is 0.306 e. The molecule has 4 heteroatoms. The largest absolute Gasteiger partial charge is 0.481 e. The molecule has 0 fully saturated rings. The lowest BCUT2D eigenvalue weighted by Gasteiger charge is -2.18. The molecule has 0 aromatic carbocycles. The van der Waals surface area contributed by atoms with Gasteiger partial charge in [0.25, 0.3) is 0 Å². The number of carboxylic acid groups (broad SMARTS) is 1. The molecule has 1 N–H and O–H groups in total. The van der Waals surface area contributed by atoms with Crippen LogP contribution in [0.2, 0.25) is 0 Å². The van der Waals surface area contributed by atoms with Crippen LogP contribution >= 0.6 is 0 Å². The average Bonchev–Trinajstić information content (AvgIpc) is 2.83. The maximum atomic E-state index is 12.4. The highest BCUT2D eigenvalue weighted by atomic mass is 16.5. The van der Waals surface area contributed by atoms with Gasteiger partial charge in [-0.2, -0.15) is 0 Å². The van der Waals surface area contributed by atoms with Crippen molar-refractivity contribution >= 4 is 11.9 Å². The highest BCUT2D eigenvalue weighted by molar-refractivity contribution is 5.69. The predicted molar refractivity (Wildman–Crippen MR) is 149 cm³/mol. The maximum absolute atomic E-state index is 12.4. The van der Waals surface area contributed by atoms with Crippen LogP contribution in [0.5, 0.6) is 0 Å². The molecule has 0 spiro atoms. The van der Waals surface area contributed by atoms with Crippen molar-refractivity contribution in [1.29, 1.82) is 0 Å². The highest BCUT2D eigenvalue weighted by Crippen LogP contribution is 2.18. The summed E-state index contributed by atoms with van der Waals surface area (Å²) < 4.78 is 5.84. The summed E-state index contributed by atoms with van der Waals surface area (Å²) in [5, 5.41) is 8.78. The fourth-order valence-corrected chi connectivity index (χ4v) is 4.77. The highest BCUT2D eigenvalue weighted by Gasteiger charge is 2.14. The van der Waals surface area contributed by atoms with Crippen molar-refractivity contribution in [2.45, 2.75) is 187 Å². The second-order valence-corrected chi connectivity index (χ2v) is 10.7. The molecule has 0 saturated heterocycles. The molecule has 1 unspecified atom stereocenters. The van der Waals surface area contributed by atoms with Crippen LogP contribution < -0.4 is 0 Å². The lowest BCUT2D eigenvalue weighted by molar-refractivity contribution is -0.150. The third-order valence-corrected chi connectivity index (χ3v) is 7.08. The van der Waals surface area contributed by atoms with Gasteiger partial charge in [-0.05, 0) is 38.5 Å². The Morgan fingerprint density at radius 3 is 1.29 bits per heavy atom. The van der Waals surface area contributed by atoms with Crippen molar-refractivity contribution in [3.05, 3.63) is 0 Å². The second kappa shape index (κ2) is 27.5. The fraction of sp³-hybridized carbons (Fsp3) is 0.935. The van der Waals surface area contributed by atoms with Crippen molar-refractivity contribution in [2.24, 2.45) is 0 Å². The van der Waals surface area contributed by atoms with E-state index in [2.05, 4.69) is 13.8 Å². The molecule has 4 nitrogen and oxygen atoms in total. The first kappa shape index (κ1) is 33.9. The third kappa shape index (κ3) is 27.4. The standard InChI is InChI=1S/C31H60O4/c1-3-5-7-9-10-11-12-13-14-15-16-17-19-24-28-31(34)35-29(25-21-18-8-6-4-2)26-22-20-23-27-30(32)33/h29H,3-28H2,1-2H3,(H,32,33). The van der Waals surface area contributed by atoms with Crippen LogP contribution in [0.4, 0.5) is 0 Å². The summed E-state index contributed by atoms with van der Waals surface area (Å²) in [7, 11) is 0. The van der Waals surface area contributed by atoms with E-state index in [1.165, 1.54) is 103 Å². The Morgan fingerprint density at radius 1 is 0.514 bits per heavy atom. The van der Waals surface area contributed by atoms with Gasteiger partial charge in [0.2, 0.25) is 0 Å². The zero-order valence-electron chi connectivity index (χ0n) is 23.6. The minimum absolute atomic E-state index is 0.0144. The number of esters is 1. The Labute approximate surface area is 218 Å². The molecule has 0 aliphatic carbocycles. The van der Waals surface area contributed by atoms with E-state index in [9.17, 15) is 9.59 Å². The molecule has 0 rings (SSSR count). The van der Waals surface area contributed by atoms with Crippen molar-refractivity contribution in [3.8, 4) is 0 Å². The Balaban J connectivity index is 3.79. The van der Waals surface area contributed by atoms with E-state index >= 15 is 0 Å². The van der Waals surface area contributed by atoms with Crippen molar-refractivity contribution < 1.29 is 19.4 Å². The van der Waals surface area contributed by atoms with Crippen LogP contribution in [-0.2, 0) is 14.3 Å². The minimum Gasteiger partial charge on any atom is -0.481 e. The maximum Gasteiger partial charge on any atom is 0.306 e. The van der Waals surface area contributed by atoms with Gasteiger partial charge >= 0.3 is 11.9 Å². The Bertz CT molecular complexity index is 463. The molecule has 208 valence electrons. The van der Waals surface area contributed by atoms with Gasteiger partial charge in [-0.3, -0.25) is 9.59 Å². The first-order valence-electron chi connectivity index (χ1n) is 15.5. The van der Waals surface area contributed by atoms with E-state index in [1.54, 1.807) is 0 Å². The molecule has 0 amide bonds.